The molecule has 0 heterocycles. The van der Waals surface area contributed by atoms with E-state index in [1.54, 1.807) is 6.08 Å². The molecule has 0 fully saturated rings. The third kappa shape index (κ3) is 7.06. The first kappa shape index (κ1) is 21.5. The van der Waals surface area contributed by atoms with Crippen LogP contribution in [0.15, 0.2) is 54.3 Å². The number of nitrogens with zero attached hydrogens (tertiary/aromatic N) is 1. The summed E-state index contributed by atoms with van der Waals surface area (Å²) in [4.78, 5) is 2.40. The maximum Gasteiger partial charge on any atom is 0.395 e. The smallest absolute Gasteiger partial charge is 0.395 e. The van der Waals surface area contributed by atoms with Crippen LogP contribution >= 0.6 is 0 Å². The van der Waals surface area contributed by atoms with Gasteiger partial charge in [0.25, 0.3) is 0 Å². The largest absolute Gasteiger partial charge is 0.486 e. The van der Waals surface area contributed by atoms with E-state index in [4.69, 9.17) is 4.74 Å². The summed E-state index contributed by atoms with van der Waals surface area (Å²) in [6.45, 7) is 7.28. The first-order valence-electron chi connectivity index (χ1n) is 9.83. The first-order valence-corrected chi connectivity index (χ1v) is 9.83. The van der Waals surface area contributed by atoms with Crippen LogP contribution in [-0.2, 0) is 4.74 Å². The molecular weight excluding hydrogens is 351 g/mol. The molecule has 1 aliphatic carbocycles. The van der Waals surface area contributed by atoms with E-state index in [-0.39, 0.29) is 12.5 Å². The van der Waals surface area contributed by atoms with Gasteiger partial charge < -0.3 is 9.64 Å². The van der Waals surface area contributed by atoms with Crippen LogP contribution in [0.5, 0.6) is 0 Å². The van der Waals surface area contributed by atoms with Crippen molar-refractivity contribution < 1.29 is 17.9 Å². The Balaban J connectivity index is 2.02. The summed E-state index contributed by atoms with van der Waals surface area (Å²) in [6.07, 6.45) is 2.93. The molecule has 2 nitrogen and oxygen atoms in total. The van der Waals surface area contributed by atoms with Crippen molar-refractivity contribution in [2.45, 2.75) is 51.8 Å². The maximum atomic E-state index is 12.8. The molecule has 150 valence electrons. The van der Waals surface area contributed by atoms with E-state index >= 15 is 0 Å². The molecule has 0 saturated carbocycles. The molecule has 2 unspecified atom stereocenters. The molecule has 0 bridgehead atoms. The van der Waals surface area contributed by atoms with Gasteiger partial charge in [0, 0.05) is 13.0 Å². The van der Waals surface area contributed by atoms with E-state index < -0.39 is 12.1 Å². The van der Waals surface area contributed by atoms with Crippen molar-refractivity contribution in [2.24, 2.45) is 5.92 Å². The average Bonchev–Trinajstić information content (AvgIpc) is 2.67. The second-order valence-corrected chi connectivity index (χ2v) is 6.94. The standard InChI is InChI=1S/C22H30F3NO/c1-3-5-16-26(4-2)17-15-21(18-9-7-6-8-10-18)27-20-13-11-19(12-14-20)22(23,24)25/h6-11,13-14,19,21H,3-5,12,15-17H2,1-2H3. The molecule has 0 spiro atoms. The monoisotopic (exact) mass is 381 g/mol. The van der Waals surface area contributed by atoms with E-state index in [1.807, 2.05) is 30.3 Å². The van der Waals surface area contributed by atoms with Crippen molar-refractivity contribution in [2.75, 3.05) is 19.6 Å². The Morgan fingerprint density at radius 3 is 2.44 bits per heavy atom. The lowest BCUT2D eigenvalue weighted by Crippen LogP contribution is -2.27. The summed E-state index contributed by atoms with van der Waals surface area (Å²) >= 11 is 0. The van der Waals surface area contributed by atoms with Gasteiger partial charge in [0.05, 0.1) is 5.92 Å². The van der Waals surface area contributed by atoms with Crippen LogP contribution in [0.25, 0.3) is 0 Å². The van der Waals surface area contributed by atoms with Crippen LogP contribution < -0.4 is 0 Å². The minimum absolute atomic E-state index is 0.0611. The highest BCUT2D eigenvalue weighted by atomic mass is 19.4. The first-order chi connectivity index (χ1) is 12.9. The Labute approximate surface area is 160 Å². The van der Waals surface area contributed by atoms with Crippen LogP contribution in [0.3, 0.4) is 0 Å². The molecule has 1 aromatic carbocycles. The van der Waals surface area contributed by atoms with Crippen LogP contribution in [0.1, 0.15) is 51.2 Å². The second kappa shape index (κ2) is 10.5. The van der Waals surface area contributed by atoms with Crippen LogP contribution in [-0.4, -0.2) is 30.7 Å². The van der Waals surface area contributed by atoms with Gasteiger partial charge in [-0.2, -0.15) is 13.2 Å². The van der Waals surface area contributed by atoms with E-state index in [2.05, 4.69) is 18.7 Å². The Bertz CT molecular complexity index is 610. The highest BCUT2D eigenvalue weighted by molar-refractivity contribution is 5.23. The topological polar surface area (TPSA) is 12.5 Å². The van der Waals surface area contributed by atoms with E-state index in [0.717, 1.165) is 44.5 Å². The van der Waals surface area contributed by atoms with Crippen molar-refractivity contribution in [3.63, 3.8) is 0 Å². The van der Waals surface area contributed by atoms with Gasteiger partial charge in [0.15, 0.2) is 0 Å². The van der Waals surface area contributed by atoms with Gasteiger partial charge in [0.1, 0.15) is 11.9 Å². The lowest BCUT2D eigenvalue weighted by Gasteiger charge is -2.26. The van der Waals surface area contributed by atoms with Gasteiger partial charge >= 0.3 is 6.18 Å². The van der Waals surface area contributed by atoms with Crippen molar-refractivity contribution in [1.82, 2.24) is 4.90 Å². The lowest BCUT2D eigenvalue weighted by atomic mass is 9.99. The lowest BCUT2D eigenvalue weighted by molar-refractivity contribution is -0.160. The van der Waals surface area contributed by atoms with E-state index in [9.17, 15) is 13.2 Å². The number of ether oxygens (including phenoxy) is 1. The molecule has 0 aromatic heterocycles. The normalized spacial score (nSPS) is 18.4. The Kier molecular flexibility index (Phi) is 8.42. The highest BCUT2D eigenvalue weighted by Crippen LogP contribution is 2.34. The Hall–Kier alpha value is -1.75. The Morgan fingerprint density at radius 2 is 1.89 bits per heavy atom. The predicted molar refractivity (Wildman–Crippen MR) is 103 cm³/mol. The number of rotatable bonds is 10. The zero-order valence-corrected chi connectivity index (χ0v) is 16.2. The molecule has 5 heteroatoms. The second-order valence-electron chi connectivity index (χ2n) is 6.94. The predicted octanol–water partition coefficient (Wildman–Crippen LogP) is 6.28. The number of benzene rings is 1. The van der Waals surface area contributed by atoms with Gasteiger partial charge in [-0.3, -0.25) is 0 Å². The van der Waals surface area contributed by atoms with Crippen LogP contribution in [0, 0.1) is 5.92 Å². The average molecular weight is 381 g/mol. The van der Waals surface area contributed by atoms with Crippen molar-refractivity contribution in [1.29, 1.82) is 0 Å². The number of halogens is 3. The summed E-state index contributed by atoms with van der Waals surface area (Å²) in [5, 5.41) is 0. The molecule has 2 rings (SSSR count). The quantitative estimate of drug-likeness (QED) is 0.473. The van der Waals surface area contributed by atoms with Crippen molar-refractivity contribution >= 4 is 0 Å². The van der Waals surface area contributed by atoms with Crippen molar-refractivity contribution in [3.05, 3.63) is 59.9 Å². The molecule has 0 amide bonds. The third-order valence-electron chi connectivity index (χ3n) is 4.92. The molecule has 0 aliphatic heterocycles. The number of allylic oxidation sites excluding steroid dienone is 3. The number of unbranched alkanes of at least 4 members (excludes halogenated alkanes) is 1. The third-order valence-corrected chi connectivity index (χ3v) is 4.92. The fraction of sp³-hybridized carbons (Fsp3) is 0.545. The van der Waals surface area contributed by atoms with E-state index in [0.29, 0.717) is 5.76 Å². The highest BCUT2D eigenvalue weighted by Gasteiger charge is 2.38. The van der Waals surface area contributed by atoms with Gasteiger partial charge in [0.2, 0.25) is 0 Å². The van der Waals surface area contributed by atoms with Gasteiger partial charge in [-0.1, -0.05) is 56.7 Å². The molecule has 27 heavy (non-hydrogen) atoms. The summed E-state index contributed by atoms with van der Waals surface area (Å²) in [5.41, 5.74) is 1.05. The van der Waals surface area contributed by atoms with E-state index in [1.165, 1.54) is 12.2 Å². The maximum absolute atomic E-state index is 12.8. The Morgan fingerprint density at radius 1 is 1.15 bits per heavy atom. The molecule has 2 atom stereocenters. The summed E-state index contributed by atoms with van der Waals surface area (Å²) in [5.74, 6) is -0.884. The fourth-order valence-electron chi connectivity index (χ4n) is 3.17. The minimum atomic E-state index is -4.20. The summed E-state index contributed by atoms with van der Waals surface area (Å²) < 4.78 is 44.6. The summed E-state index contributed by atoms with van der Waals surface area (Å²) in [6, 6.07) is 9.90. The zero-order valence-electron chi connectivity index (χ0n) is 16.2. The van der Waals surface area contributed by atoms with Crippen LogP contribution in [0.4, 0.5) is 13.2 Å². The number of hydrogen-bond acceptors (Lipinski definition) is 2. The summed E-state index contributed by atoms with van der Waals surface area (Å²) in [7, 11) is 0. The van der Waals surface area contributed by atoms with Gasteiger partial charge in [-0.25, -0.2) is 0 Å². The molecule has 0 saturated heterocycles. The SMILES string of the molecule is CCCCN(CC)CCC(OC1=CCC(C(F)(F)F)C=C1)c1ccccc1. The van der Waals surface area contributed by atoms with Gasteiger partial charge in [-0.15, -0.1) is 0 Å². The molecular formula is C22H30F3NO. The molecule has 0 N–H and O–H groups in total. The fourth-order valence-corrected chi connectivity index (χ4v) is 3.17. The number of alkyl halides is 3. The molecule has 1 aromatic rings. The number of hydrogen-bond donors (Lipinski definition) is 0. The molecule has 0 radical (unpaired) electrons. The van der Waals surface area contributed by atoms with Crippen LogP contribution in [0.2, 0.25) is 0 Å². The zero-order chi connectivity index (χ0) is 19.7. The van der Waals surface area contributed by atoms with Crippen molar-refractivity contribution in [3.8, 4) is 0 Å². The van der Waals surface area contributed by atoms with Gasteiger partial charge in [-0.05, 0) is 43.6 Å². The molecule has 1 aliphatic rings. The minimum Gasteiger partial charge on any atom is -0.486 e.